The summed E-state index contributed by atoms with van der Waals surface area (Å²) in [6.07, 6.45) is -0.650. The zero-order valence-electron chi connectivity index (χ0n) is 21.9. The molecule has 0 atom stereocenters. The molecule has 6 nitrogen and oxygen atoms in total. The summed E-state index contributed by atoms with van der Waals surface area (Å²) in [6, 6.07) is 18.0. The van der Waals surface area contributed by atoms with Crippen LogP contribution >= 0.6 is 0 Å². The summed E-state index contributed by atoms with van der Waals surface area (Å²) < 4.78 is 36.5. The van der Waals surface area contributed by atoms with Crippen molar-refractivity contribution < 1.29 is 28.2 Å². The van der Waals surface area contributed by atoms with Gasteiger partial charge in [-0.15, -0.1) is 0 Å². The van der Waals surface area contributed by atoms with Crippen molar-refractivity contribution in [3.8, 4) is 11.5 Å². The lowest BCUT2D eigenvalue weighted by Gasteiger charge is -2.25. The third-order valence-corrected chi connectivity index (χ3v) is 5.84. The van der Waals surface area contributed by atoms with Crippen LogP contribution in [0, 0.1) is 0 Å². The molecule has 3 aromatic rings. The van der Waals surface area contributed by atoms with E-state index < -0.39 is 17.7 Å². The number of aliphatic carboxylic acids is 1. The normalized spacial score (nSPS) is 11.9. The van der Waals surface area contributed by atoms with E-state index >= 15 is 0 Å². The highest BCUT2D eigenvalue weighted by Crippen LogP contribution is 2.24. The van der Waals surface area contributed by atoms with Crippen LogP contribution in [0.25, 0.3) is 0 Å². The summed E-state index contributed by atoms with van der Waals surface area (Å²) in [6.45, 7) is 9.13. The molecule has 8 heteroatoms. The largest absolute Gasteiger partial charge is 0.478 e. The fourth-order valence-corrected chi connectivity index (χ4v) is 3.62. The first-order valence-electron chi connectivity index (χ1n) is 12.2. The highest BCUT2D eigenvalue weighted by Gasteiger charge is 2.29. The molecule has 198 valence electrons. The molecule has 37 heavy (non-hydrogen) atoms. The van der Waals surface area contributed by atoms with Crippen molar-refractivity contribution >= 4 is 11.8 Å². The molecule has 0 saturated carbocycles. The van der Waals surface area contributed by atoms with E-state index in [-0.39, 0.29) is 5.75 Å². The molecule has 1 aromatic heterocycles. The molecule has 0 saturated heterocycles. The summed E-state index contributed by atoms with van der Waals surface area (Å²) in [5, 5.41) is 9.27. The first kappa shape index (κ1) is 27.9. The predicted molar refractivity (Wildman–Crippen MR) is 140 cm³/mol. The van der Waals surface area contributed by atoms with E-state index in [1.165, 1.54) is 26.0 Å². The van der Waals surface area contributed by atoms with Crippen LogP contribution in [-0.2, 0) is 17.8 Å². The molecule has 0 amide bonds. The molecular formula is C29H34F2N2O4. The van der Waals surface area contributed by atoms with Crippen LogP contribution < -0.4 is 14.4 Å². The second-order valence-corrected chi connectivity index (χ2v) is 9.89. The van der Waals surface area contributed by atoms with E-state index in [2.05, 4.69) is 34.5 Å². The second kappa shape index (κ2) is 11.6. The monoisotopic (exact) mass is 512 g/mol. The number of nitrogens with zero attached hydrogens (tertiary/aromatic N) is 2. The molecule has 2 aromatic carbocycles. The number of carboxylic acids is 1. The highest BCUT2D eigenvalue weighted by molar-refractivity contribution is 5.76. The first-order chi connectivity index (χ1) is 17.3. The number of carbonyl (C=O) groups is 1. The van der Waals surface area contributed by atoms with Gasteiger partial charge in [0.25, 0.3) is 0 Å². The number of hydrogen-bond acceptors (Lipinski definition) is 5. The first-order valence-corrected chi connectivity index (χ1v) is 12.2. The van der Waals surface area contributed by atoms with Crippen LogP contribution in [0.4, 0.5) is 14.6 Å². The number of rotatable bonds is 12. The number of aromatic nitrogens is 1. The maximum atomic E-state index is 13.2. The zero-order valence-corrected chi connectivity index (χ0v) is 21.9. The Labute approximate surface area is 216 Å². The minimum atomic E-state index is -3.24. The Morgan fingerprint density at radius 3 is 1.97 bits per heavy atom. The minimum absolute atomic E-state index is 0.107. The van der Waals surface area contributed by atoms with Crippen molar-refractivity contribution in [1.82, 2.24) is 4.98 Å². The van der Waals surface area contributed by atoms with Crippen LogP contribution in [0.3, 0.4) is 0 Å². The van der Waals surface area contributed by atoms with Crippen molar-refractivity contribution in [3.05, 3.63) is 83.6 Å². The van der Waals surface area contributed by atoms with Crippen molar-refractivity contribution in [1.29, 1.82) is 0 Å². The Balaban J connectivity index is 1.74. The lowest BCUT2D eigenvalue weighted by molar-refractivity contribution is -0.159. The van der Waals surface area contributed by atoms with E-state index in [1.807, 2.05) is 24.4 Å². The van der Waals surface area contributed by atoms with Crippen molar-refractivity contribution in [3.63, 3.8) is 0 Å². The van der Waals surface area contributed by atoms with Gasteiger partial charge in [-0.2, -0.15) is 8.78 Å². The molecule has 1 N–H and O–H groups in total. The number of anilines is 1. The van der Waals surface area contributed by atoms with Gasteiger partial charge in [0.05, 0.1) is 0 Å². The quantitative estimate of drug-likeness (QED) is 0.292. The topological polar surface area (TPSA) is 71.9 Å². The number of halogens is 2. The van der Waals surface area contributed by atoms with Crippen LogP contribution in [0.15, 0.2) is 66.9 Å². The molecule has 0 bridgehead atoms. The number of pyridine rings is 1. The third kappa shape index (κ3) is 8.44. The molecule has 0 aliphatic carbocycles. The van der Waals surface area contributed by atoms with Crippen molar-refractivity contribution in [2.45, 2.75) is 65.2 Å². The number of carboxylic acid groups (broad SMARTS) is 1. The van der Waals surface area contributed by atoms with E-state index in [1.54, 1.807) is 24.3 Å². The molecule has 0 unspecified atom stereocenters. The lowest BCUT2D eigenvalue weighted by atomic mass is 10.1. The number of alkyl halides is 2. The molecule has 0 spiro atoms. The van der Waals surface area contributed by atoms with E-state index in [4.69, 9.17) is 4.74 Å². The summed E-state index contributed by atoms with van der Waals surface area (Å²) in [7, 11) is 0. The summed E-state index contributed by atoms with van der Waals surface area (Å²) in [4.78, 5) is 18.1. The molecule has 0 fully saturated rings. The minimum Gasteiger partial charge on any atom is -0.478 e. The van der Waals surface area contributed by atoms with E-state index in [0.29, 0.717) is 38.1 Å². The van der Waals surface area contributed by atoms with Gasteiger partial charge in [0.15, 0.2) is 5.60 Å². The van der Waals surface area contributed by atoms with E-state index in [0.717, 1.165) is 22.5 Å². The average molecular weight is 513 g/mol. The van der Waals surface area contributed by atoms with Crippen LogP contribution in [0.2, 0.25) is 0 Å². The van der Waals surface area contributed by atoms with Gasteiger partial charge in [0, 0.05) is 26.2 Å². The lowest BCUT2D eigenvalue weighted by Crippen LogP contribution is -2.37. The van der Waals surface area contributed by atoms with Gasteiger partial charge in [-0.05, 0) is 73.2 Å². The third-order valence-electron chi connectivity index (χ3n) is 5.84. The van der Waals surface area contributed by atoms with Gasteiger partial charge >= 0.3 is 12.1 Å². The Morgan fingerprint density at radius 2 is 1.49 bits per heavy atom. The van der Waals surface area contributed by atoms with Crippen LogP contribution in [0.1, 0.15) is 57.2 Å². The second-order valence-electron chi connectivity index (χ2n) is 9.89. The molecule has 3 rings (SSSR count). The summed E-state index contributed by atoms with van der Waals surface area (Å²) >= 11 is 0. The fourth-order valence-electron chi connectivity index (χ4n) is 3.62. The van der Waals surface area contributed by atoms with Gasteiger partial charge in [-0.3, -0.25) is 0 Å². The fraction of sp³-hybridized carbons (Fsp3) is 0.379. The van der Waals surface area contributed by atoms with Gasteiger partial charge < -0.3 is 19.5 Å². The van der Waals surface area contributed by atoms with Crippen LogP contribution in [0.5, 0.6) is 11.5 Å². The standard InChI is InChI=1S/C29H34F2N2O4/c1-20(2)23-10-15-26(32-18-23)33(19-22-8-13-25(14-9-22)37-29(5,30)31)17-16-21-6-11-24(12-7-21)36-28(3,4)27(34)35/h6-15,18,20H,16-17,19H2,1-5H3,(H,34,35). The Hall–Kier alpha value is -3.68. The molecule has 0 aliphatic heterocycles. The van der Waals surface area contributed by atoms with E-state index in [9.17, 15) is 18.7 Å². The smallest absolute Gasteiger partial charge is 0.394 e. The van der Waals surface area contributed by atoms with Gasteiger partial charge in [0.2, 0.25) is 0 Å². The predicted octanol–water partition coefficient (Wildman–Crippen LogP) is 6.69. The van der Waals surface area contributed by atoms with Gasteiger partial charge in [-0.1, -0.05) is 44.2 Å². The van der Waals surface area contributed by atoms with Crippen molar-refractivity contribution in [2.75, 3.05) is 11.4 Å². The Kier molecular flexibility index (Phi) is 8.73. The summed E-state index contributed by atoms with van der Waals surface area (Å²) in [5.41, 5.74) is 1.81. The molecular weight excluding hydrogens is 478 g/mol. The zero-order chi connectivity index (χ0) is 27.2. The number of hydrogen-bond donors (Lipinski definition) is 1. The SMILES string of the molecule is CC(C)c1ccc(N(CCc2ccc(OC(C)(C)C(=O)O)cc2)Cc2ccc(OC(C)(F)F)cc2)nc1. The Bertz CT molecular complexity index is 1160. The van der Waals surface area contributed by atoms with Gasteiger partial charge in [0.1, 0.15) is 17.3 Å². The Morgan fingerprint density at radius 1 is 0.919 bits per heavy atom. The number of ether oxygens (including phenoxy) is 2. The average Bonchev–Trinajstić information content (AvgIpc) is 2.82. The summed E-state index contributed by atoms with van der Waals surface area (Å²) in [5.74, 6) is 0.736. The van der Waals surface area contributed by atoms with Gasteiger partial charge in [-0.25, -0.2) is 9.78 Å². The molecule has 0 aliphatic rings. The van der Waals surface area contributed by atoms with Crippen LogP contribution in [-0.4, -0.2) is 34.3 Å². The van der Waals surface area contributed by atoms with Crippen molar-refractivity contribution in [2.24, 2.45) is 0 Å². The molecule has 1 heterocycles. The highest BCUT2D eigenvalue weighted by atomic mass is 19.3. The molecule has 0 radical (unpaired) electrons. The maximum Gasteiger partial charge on any atom is 0.394 e. The maximum absolute atomic E-state index is 13.2. The number of benzene rings is 2.